The molecule has 0 unspecified atom stereocenters. The van der Waals surface area contributed by atoms with Crippen LogP contribution in [0.2, 0.25) is 0 Å². The minimum atomic E-state index is -0.0620. The van der Waals surface area contributed by atoms with Crippen LogP contribution in [0.1, 0.15) is 12.8 Å². The Morgan fingerprint density at radius 2 is 2.00 bits per heavy atom. The minimum Gasteiger partial charge on any atom is -0.497 e. The molecule has 0 radical (unpaired) electrons. The number of ether oxygens (including phenoxy) is 1. The normalized spacial score (nSPS) is 15.7. The van der Waals surface area contributed by atoms with Gasteiger partial charge in [-0.2, -0.15) is 0 Å². The molecule has 0 saturated carbocycles. The molecule has 6 nitrogen and oxygen atoms in total. The molecule has 31 heavy (non-hydrogen) atoms. The Bertz CT molecular complexity index is 1220. The van der Waals surface area contributed by atoms with Crippen LogP contribution >= 0.6 is 22.7 Å². The van der Waals surface area contributed by atoms with E-state index in [9.17, 15) is 4.79 Å². The fraction of sp³-hybridized carbons (Fsp3) is 0.391. The molecule has 0 spiro atoms. The molecule has 0 atom stereocenters. The molecular weight excluding hydrogens is 428 g/mol. The third-order valence-electron chi connectivity index (χ3n) is 6.27. The van der Waals surface area contributed by atoms with Crippen molar-refractivity contribution in [3.63, 3.8) is 0 Å². The zero-order valence-corrected chi connectivity index (χ0v) is 19.4. The molecule has 1 fully saturated rings. The molecule has 4 aromatic rings. The van der Waals surface area contributed by atoms with Gasteiger partial charge in [0.25, 0.3) is 5.56 Å². The van der Waals surface area contributed by atoms with Gasteiger partial charge in [0, 0.05) is 54.7 Å². The van der Waals surface area contributed by atoms with E-state index in [4.69, 9.17) is 4.74 Å². The first-order chi connectivity index (χ1) is 15.1. The summed E-state index contributed by atoms with van der Waals surface area (Å²) in [5.41, 5.74) is 1.59. The van der Waals surface area contributed by atoms with Crippen LogP contribution in [-0.4, -0.2) is 54.3 Å². The molecule has 4 heterocycles. The van der Waals surface area contributed by atoms with Gasteiger partial charge in [-0.1, -0.05) is 0 Å². The Morgan fingerprint density at radius 3 is 2.77 bits per heavy atom. The lowest BCUT2D eigenvalue weighted by atomic mass is 10.0. The number of nitrogens with zero attached hydrogens (tertiary/aromatic N) is 4. The monoisotopic (exact) mass is 454 g/mol. The van der Waals surface area contributed by atoms with Gasteiger partial charge < -0.3 is 19.1 Å². The number of likely N-dealkylation sites (tertiary alicyclic amines) is 1. The summed E-state index contributed by atoms with van der Waals surface area (Å²) in [5.74, 6) is 0.742. The number of thiophene rings is 2. The molecule has 3 aromatic heterocycles. The zero-order valence-electron chi connectivity index (χ0n) is 17.8. The van der Waals surface area contributed by atoms with E-state index in [1.807, 2.05) is 45.4 Å². The molecule has 0 bridgehead atoms. The van der Waals surface area contributed by atoms with Crippen molar-refractivity contribution < 1.29 is 4.74 Å². The molecule has 1 aliphatic heterocycles. The maximum absolute atomic E-state index is 12.5. The summed E-state index contributed by atoms with van der Waals surface area (Å²) in [4.78, 5) is 21.7. The second-order valence-electron chi connectivity index (χ2n) is 8.02. The maximum atomic E-state index is 12.5. The van der Waals surface area contributed by atoms with Crippen LogP contribution in [-0.2, 0) is 6.54 Å². The van der Waals surface area contributed by atoms with Gasteiger partial charge in [0.05, 0.1) is 29.3 Å². The highest BCUT2D eigenvalue weighted by atomic mass is 32.1. The topological polar surface area (TPSA) is 50.6 Å². The first-order valence-electron chi connectivity index (χ1n) is 10.6. The highest BCUT2D eigenvalue weighted by Crippen LogP contribution is 2.37. The molecule has 1 aliphatic rings. The predicted molar refractivity (Wildman–Crippen MR) is 130 cm³/mol. The lowest BCUT2D eigenvalue weighted by Crippen LogP contribution is -2.44. The summed E-state index contributed by atoms with van der Waals surface area (Å²) in [6, 6.07) is 10.8. The second-order valence-corrected chi connectivity index (χ2v) is 10.0. The lowest BCUT2D eigenvalue weighted by molar-refractivity contribution is 0.204. The summed E-state index contributed by atoms with van der Waals surface area (Å²) < 4.78 is 9.93. The highest BCUT2D eigenvalue weighted by Gasteiger charge is 2.24. The van der Waals surface area contributed by atoms with Crippen molar-refractivity contribution in [3.8, 4) is 5.75 Å². The summed E-state index contributed by atoms with van der Waals surface area (Å²) in [5, 5.41) is 3.53. The van der Waals surface area contributed by atoms with Gasteiger partial charge in [-0.05, 0) is 42.5 Å². The fourth-order valence-electron chi connectivity index (χ4n) is 4.38. The van der Waals surface area contributed by atoms with Crippen molar-refractivity contribution >= 4 is 48.1 Å². The fourth-order valence-corrected chi connectivity index (χ4v) is 6.51. The first-order valence-corrected chi connectivity index (χ1v) is 12.3. The van der Waals surface area contributed by atoms with E-state index in [1.165, 1.54) is 20.6 Å². The van der Waals surface area contributed by atoms with Crippen LogP contribution in [0.3, 0.4) is 0 Å². The average Bonchev–Trinajstić information content (AvgIpc) is 3.40. The van der Waals surface area contributed by atoms with Crippen LogP contribution in [0.25, 0.3) is 20.4 Å². The number of hydrogen-bond acceptors (Lipinski definition) is 7. The van der Waals surface area contributed by atoms with Crippen molar-refractivity contribution in [1.82, 2.24) is 14.5 Å². The molecular formula is C23H26N4O2S2. The van der Waals surface area contributed by atoms with Crippen molar-refractivity contribution in [2.75, 3.05) is 38.7 Å². The smallest absolute Gasteiger partial charge is 0.269 e. The number of anilines is 1. The van der Waals surface area contributed by atoms with Gasteiger partial charge in [-0.25, -0.2) is 4.98 Å². The van der Waals surface area contributed by atoms with Gasteiger partial charge in [-0.15, -0.1) is 22.7 Å². The van der Waals surface area contributed by atoms with Crippen molar-refractivity contribution in [2.45, 2.75) is 25.4 Å². The Morgan fingerprint density at radius 1 is 1.16 bits per heavy atom. The van der Waals surface area contributed by atoms with Crippen molar-refractivity contribution in [2.24, 2.45) is 0 Å². The second kappa shape index (κ2) is 8.61. The van der Waals surface area contributed by atoms with Crippen molar-refractivity contribution in [1.29, 1.82) is 0 Å². The number of rotatable bonds is 6. The summed E-state index contributed by atoms with van der Waals surface area (Å²) >= 11 is 3.70. The Hall–Kier alpha value is -2.42. The number of methoxy groups -OCH3 is 1. The van der Waals surface area contributed by atoms with Crippen LogP contribution in [0.15, 0.2) is 46.7 Å². The molecule has 0 aliphatic carbocycles. The van der Waals surface area contributed by atoms with Gasteiger partial charge in [-0.3, -0.25) is 4.79 Å². The van der Waals surface area contributed by atoms with Crippen LogP contribution in [0, 0.1) is 0 Å². The minimum absolute atomic E-state index is 0.0620. The molecule has 8 heteroatoms. The van der Waals surface area contributed by atoms with Crippen LogP contribution in [0.4, 0.5) is 5.00 Å². The number of aromatic nitrogens is 2. The summed E-state index contributed by atoms with van der Waals surface area (Å²) in [6.45, 7) is 3.62. The third-order valence-corrected chi connectivity index (χ3v) is 8.46. The molecule has 162 valence electrons. The van der Waals surface area contributed by atoms with E-state index in [2.05, 4.69) is 39.3 Å². The number of piperidine rings is 1. The van der Waals surface area contributed by atoms with E-state index in [-0.39, 0.29) is 5.56 Å². The number of benzene rings is 1. The average molecular weight is 455 g/mol. The van der Waals surface area contributed by atoms with Gasteiger partial charge in [0.15, 0.2) is 0 Å². The lowest BCUT2D eigenvalue weighted by Gasteiger charge is -2.37. The highest BCUT2D eigenvalue weighted by molar-refractivity contribution is 7.29. The maximum Gasteiger partial charge on any atom is 0.269 e. The Kier molecular flexibility index (Phi) is 5.69. The largest absolute Gasteiger partial charge is 0.497 e. The predicted octanol–water partition coefficient (Wildman–Crippen LogP) is 4.28. The van der Waals surface area contributed by atoms with E-state index in [0.29, 0.717) is 12.6 Å². The first kappa shape index (κ1) is 20.5. The SMILES string of the molecule is COc1ccc2ncc(=O)n(CCN3CCC(N(C)c4cc5sccc5s4)CC3)c2c1. The molecule has 1 saturated heterocycles. The van der Waals surface area contributed by atoms with Crippen molar-refractivity contribution in [3.05, 3.63) is 52.3 Å². The third kappa shape index (κ3) is 4.07. The molecule has 1 aromatic carbocycles. The van der Waals surface area contributed by atoms with E-state index < -0.39 is 0 Å². The van der Waals surface area contributed by atoms with Gasteiger partial charge in [0.2, 0.25) is 0 Å². The van der Waals surface area contributed by atoms with E-state index in [1.54, 1.807) is 7.11 Å². The quantitative estimate of drug-likeness (QED) is 0.435. The summed E-state index contributed by atoms with van der Waals surface area (Å²) in [7, 11) is 3.87. The molecule has 0 N–H and O–H groups in total. The summed E-state index contributed by atoms with van der Waals surface area (Å²) in [6.07, 6.45) is 3.70. The standard InChI is InChI=1S/C23H26N4O2S2/c1-25(23-14-21-20(31-23)7-12-30-21)16-5-8-26(9-6-16)10-11-27-19-13-17(29-2)3-4-18(19)24-15-22(27)28/h3-4,7,12-16H,5-6,8-11H2,1-2H3. The van der Waals surface area contributed by atoms with E-state index >= 15 is 0 Å². The Balaban J connectivity index is 1.23. The molecule has 5 rings (SSSR count). The number of hydrogen-bond donors (Lipinski definition) is 0. The number of fused-ring (bicyclic) bond motifs is 2. The van der Waals surface area contributed by atoms with Gasteiger partial charge in [0.1, 0.15) is 5.75 Å². The van der Waals surface area contributed by atoms with Gasteiger partial charge >= 0.3 is 0 Å². The molecule has 0 amide bonds. The zero-order chi connectivity index (χ0) is 21.4. The van der Waals surface area contributed by atoms with Crippen LogP contribution < -0.4 is 15.2 Å². The Labute approximate surface area is 189 Å². The van der Waals surface area contributed by atoms with Crippen LogP contribution in [0.5, 0.6) is 5.75 Å². The van der Waals surface area contributed by atoms with E-state index in [0.717, 1.165) is 49.3 Å².